The molecule has 27 heavy (non-hydrogen) atoms. The second kappa shape index (κ2) is 14.8. The summed E-state index contributed by atoms with van der Waals surface area (Å²) >= 11 is 0. The van der Waals surface area contributed by atoms with Crippen molar-refractivity contribution >= 4 is 29.9 Å². The van der Waals surface area contributed by atoms with E-state index in [-0.39, 0.29) is 30.1 Å². The maximum absolute atomic E-state index is 5.78. The largest absolute Gasteiger partial charge is 0.493 e. The predicted octanol–water partition coefficient (Wildman–Crippen LogP) is 3.83. The molecular weight excluding hydrogens is 457 g/mol. The van der Waals surface area contributed by atoms with Gasteiger partial charge in [-0.1, -0.05) is 19.9 Å². The monoisotopic (exact) mass is 493 g/mol. The van der Waals surface area contributed by atoms with Crippen LogP contribution in [0.5, 0.6) is 11.5 Å². The number of hydrogen-bond donors (Lipinski definition) is 2. The van der Waals surface area contributed by atoms with Crippen LogP contribution in [0.1, 0.15) is 39.7 Å². The zero-order valence-electron chi connectivity index (χ0n) is 17.5. The summed E-state index contributed by atoms with van der Waals surface area (Å²) in [6, 6.07) is 5.94. The molecular formula is C20H36IN3O3. The summed E-state index contributed by atoms with van der Waals surface area (Å²) < 4.78 is 16.7. The fraction of sp³-hybridized carbons (Fsp3) is 0.650. The molecule has 0 saturated heterocycles. The van der Waals surface area contributed by atoms with Gasteiger partial charge in [-0.15, -0.1) is 24.0 Å². The van der Waals surface area contributed by atoms with Crippen molar-refractivity contribution in [3.8, 4) is 11.5 Å². The number of hydrogen-bond acceptors (Lipinski definition) is 4. The lowest BCUT2D eigenvalue weighted by Crippen LogP contribution is -2.38. The van der Waals surface area contributed by atoms with Crippen LogP contribution in [0.25, 0.3) is 0 Å². The lowest BCUT2D eigenvalue weighted by molar-refractivity contribution is 0.0258. The van der Waals surface area contributed by atoms with Gasteiger partial charge in [-0.3, -0.25) is 4.99 Å². The molecule has 0 saturated carbocycles. The molecule has 7 heteroatoms. The Morgan fingerprint density at radius 2 is 1.85 bits per heavy atom. The second-order valence-electron chi connectivity index (χ2n) is 6.30. The van der Waals surface area contributed by atoms with Crippen molar-refractivity contribution in [2.24, 2.45) is 10.9 Å². The summed E-state index contributed by atoms with van der Waals surface area (Å²) in [6.45, 7) is 11.2. The first-order valence-corrected chi connectivity index (χ1v) is 9.41. The summed E-state index contributed by atoms with van der Waals surface area (Å²) in [5, 5.41) is 6.68. The number of rotatable bonds is 11. The zero-order valence-corrected chi connectivity index (χ0v) is 19.8. The Morgan fingerprint density at radius 3 is 2.41 bits per heavy atom. The quantitative estimate of drug-likeness (QED) is 0.279. The first-order chi connectivity index (χ1) is 12.5. The SMILES string of the molecule is CCOc1cc(CNC(=NC)NCCC(OCC)C(C)C)ccc1OC.I. The van der Waals surface area contributed by atoms with Gasteiger partial charge in [0, 0.05) is 26.7 Å². The molecule has 1 aromatic rings. The fourth-order valence-electron chi connectivity index (χ4n) is 2.66. The van der Waals surface area contributed by atoms with Crippen LogP contribution < -0.4 is 20.1 Å². The van der Waals surface area contributed by atoms with Gasteiger partial charge in [0.05, 0.1) is 19.8 Å². The number of nitrogens with one attached hydrogen (secondary N) is 2. The van der Waals surface area contributed by atoms with E-state index >= 15 is 0 Å². The van der Waals surface area contributed by atoms with Crippen LogP contribution in [0, 0.1) is 5.92 Å². The minimum Gasteiger partial charge on any atom is -0.493 e. The summed E-state index contributed by atoms with van der Waals surface area (Å²) in [5.74, 6) is 2.78. The van der Waals surface area contributed by atoms with Crippen molar-refractivity contribution in [3.63, 3.8) is 0 Å². The van der Waals surface area contributed by atoms with Crippen molar-refractivity contribution in [2.75, 3.05) is 33.9 Å². The lowest BCUT2D eigenvalue weighted by Gasteiger charge is -2.21. The lowest BCUT2D eigenvalue weighted by atomic mass is 10.0. The number of methoxy groups -OCH3 is 1. The van der Waals surface area contributed by atoms with Crippen LogP contribution in [0.2, 0.25) is 0 Å². The molecule has 0 fully saturated rings. The Morgan fingerprint density at radius 1 is 1.11 bits per heavy atom. The zero-order chi connectivity index (χ0) is 19.4. The van der Waals surface area contributed by atoms with Crippen LogP contribution in [-0.2, 0) is 11.3 Å². The molecule has 1 aromatic carbocycles. The third kappa shape index (κ3) is 9.51. The van der Waals surface area contributed by atoms with E-state index in [1.807, 2.05) is 32.0 Å². The molecule has 0 radical (unpaired) electrons. The summed E-state index contributed by atoms with van der Waals surface area (Å²) in [6.07, 6.45) is 1.21. The topological polar surface area (TPSA) is 64.1 Å². The predicted molar refractivity (Wildman–Crippen MR) is 123 cm³/mol. The highest BCUT2D eigenvalue weighted by Gasteiger charge is 2.13. The van der Waals surface area contributed by atoms with Gasteiger partial charge in [-0.2, -0.15) is 0 Å². The Balaban J connectivity index is 0.00000676. The van der Waals surface area contributed by atoms with Crippen molar-refractivity contribution in [1.29, 1.82) is 0 Å². The summed E-state index contributed by atoms with van der Waals surface area (Å²) in [4.78, 5) is 4.28. The molecule has 1 atom stereocenters. The molecule has 2 N–H and O–H groups in total. The number of ether oxygens (including phenoxy) is 3. The molecule has 0 aliphatic carbocycles. The van der Waals surface area contributed by atoms with E-state index < -0.39 is 0 Å². The van der Waals surface area contributed by atoms with Gasteiger partial charge < -0.3 is 24.8 Å². The van der Waals surface area contributed by atoms with Crippen LogP contribution in [0.4, 0.5) is 0 Å². The van der Waals surface area contributed by atoms with Crippen LogP contribution >= 0.6 is 24.0 Å². The minimum absolute atomic E-state index is 0. The maximum atomic E-state index is 5.78. The van der Waals surface area contributed by atoms with Crippen LogP contribution in [0.15, 0.2) is 23.2 Å². The molecule has 6 nitrogen and oxygen atoms in total. The first kappa shape index (κ1) is 25.8. The fourth-order valence-corrected chi connectivity index (χ4v) is 2.66. The van der Waals surface area contributed by atoms with Crippen molar-refractivity contribution < 1.29 is 14.2 Å². The first-order valence-electron chi connectivity index (χ1n) is 9.41. The average molecular weight is 493 g/mol. The molecule has 156 valence electrons. The third-order valence-electron chi connectivity index (χ3n) is 4.06. The number of halogens is 1. The Labute approximate surface area is 181 Å². The molecule has 0 bridgehead atoms. The molecule has 0 aliphatic heterocycles. The van der Waals surface area contributed by atoms with E-state index in [1.165, 1.54) is 0 Å². The highest BCUT2D eigenvalue weighted by molar-refractivity contribution is 14.0. The van der Waals surface area contributed by atoms with Gasteiger partial charge in [0.2, 0.25) is 0 Å². The average Bonchev–Trinajstić information content (AvgIpc) is 2.64. The highest BCUT2D eigenvalue weighted by Crippen LogP contribution is 2.27. The van der Waals surface area contributed by atoms with Crippen LogP contribution in [-0.4, -0.2) is 46.0 Å². The summed E-state index contributed by atoms with van der Waals surface area (Å²) in [7, 11) is 3.42. The minimum atomic E-state index is 0. The molecule has 0 heterocycles. The number of benzene rings is 1. The molecule has 0 aromatic heterocycles. The number of nitrogens with zero attached hydrogens (tertiary/aromatic N) is 1. The van der Waals surface area contributed by atoms with Gasteiger partial charge in [0.15, 0.2) is 17.5 Å². The number of aliphatic imine (C=N–C) groups is 1. The third-order valence-corrected chi connectivity index (χ3v) is 4.06. The van der Waals surface area contributed by atoms with E-state index in [4.69, 9.17) is 14.2 Å². The van der Waals surface area contributed by atoms with Gasteiger partial charge in [-0.25, -0.2) is 0 Å². The van der Waals surface area contributed by atoms with E-state index in [0.717, 1.165) is 42.6 Å². The molecule has 1 unspecified atom stereocenters. The standard InChI is InChI=1S/C20H35N3O3.HI/c1-7-25-17(15(3)4)11-12-22-20(21-5)23-14-16-9-10-18(24-6)19(13-16)26-8-2;/h9-10,13,15,17H,7-8,11-12,14H2,1-6H3,(H2,21,22,23);1H. The maximum Gasteiger partial charge on any atom is 0.191 e. The number of guanidine groups is 1. The molecule has 0 amide bonds. The van der Waals surface area contributed by atoms with E-state index in [0.29, 0.717) is 19.1 Å². The Bertz CT molecular complexity index is 553. The van der Waals surface area contributed by atoms with Crippen molar-refractivity contribution in [1.82, 2.24) is 10.6 Å². The highest BCUT2D eigenvalue weighted by atomic mass is 127. The smallest absolute Gasteiger partial charge is 0.191 e. The van der Waals surface area contributed by atoms with Gasteiger partial charge in [0.25, 0.3) is 0 Å². The van der Waals surface area contributed by atoms with E-state index in [2.05, 4.69) is 29.5 Å². The summed E-state index contributed by atoms with van der Waals surface area (Å²) in [5.41, 5.74) is 1.10. The molecule has 1 rings (SSSR count). The Kier molecular flexibility index (Phi) is 14.1. The van der Waals surface area contributed by atoms with Crippen LogP contribution in [0.3, 0.4) is 0 Å². The second-order valence-corrected chi connectivity index (χ2v) is 6.30. The Hall–Kier alpha value is -1.22. The normalized spacial score (nSPS) is 12.3. The molecule has 0 aliphatic rings. The van der Waals surface area contributed by atoms with E-state index in [1.54, 1.807) is 14.2 Å². The van der Waals surface area contributed by atoms with E-state index in [9.17, 15) is 0 Å². The van der Waals surface area contributed by atoms with Crippen molar-refractivity contribution in [2.45, 2.75) is 46.8 Å². The van der Waals surface area contributed by atoms with Gasteiger partial charge in [0.1, 0.15) is 0 Å². The molecule has 0 spiro atoms. The van der Waals surface area contributed by atoms with Gasteiger partial charge in [-0.05, 0) is 43.9 Å². The van der Waals surface area contributed by atoms with Gasteiger partial charge >= 0.3 is 0 Å². The van der Waals surface area contributed by atoms with Crippen molar-refractivity contribution in [3.05, 3.63) is 23.8 Å².